The molecule has 8 nitrogen and oxygen atoms in total. The van der Waals surface area contributed by atoms with Crippen molar-refractivity contribution >= 4 is 51.7 Å². The normalized spacial score (nSPS) is 16.3. The number of rotatable bonds is 5. The third-order valence-corrected chi connectivity index (χ3v) is 5.70. The van der Waals surface area contributed by atoms with Gasteiger partial charge in [-0.2, -0.15) is 0 Å². The quantitative estimate of drug-likeness (QED) is 0.643. The molecule has 0 unspecified atom stereocenters. The molecule has 29 heavy (non-hydrogen) atoms. The highest BCUT2D eigenvalue weighted by Crippen LogP contribution is 2.36. The number of hydrogen-bond donors (Lipinski definition) is 2. The Morgan fingerprint density at radius 3 is 2.86 bits per heavy atom. The predicted octanol–water partition coefficient (Wildman–Crippen LogP) is 2.30. The van der Waals surface area contributed by atoms with Gasteiger partial charge in [-0.05, 0) is 25.0 Å². The van der Waals surface area contributed by atoms with Crippen LogP contribution < -0.4 is 16.0 Å². The molecule has 1 saturated heterocycles. The van der Waals surface area contributed by atoms with Crippen molar-refractivity contribution in [3.8, 4) is 5.69 Å². The Kier molecular flexibility index (Phi) is 5.29. The minimum atomic E-state index is -0.587. The van der Waals surface area contributed by atoms with Crippen molar-refractivity contribution < 1.29 is 9.59 Å². The van der Waals surface area contributed by atoms with E-state index in [-0.39, 0.29) is 12.5 Å². The fourth-order valence-electron chi connectivity index (χ4n) is 3.57. The number of hydrogen-bond acceptors (Lipinski definition) is 5. The monoisotopic (exact) mass is 432 g/mol. The standard InChI is InChI=1S/C19H18Cl2N6O2/c20-12-4-3-11-14(26-7-5-23-10-26)8-16(25-18(11)17(12)21)27-6-1-2-13(27)19(29)24-9-15(22)28/h3-5,7-8,10,13H,1-2,6,9H2,(H2,22,28)(H,24,29)/t13-/m0/s1. The van der Waals surface area contributed by atoms with Crippen LogP contribution in [0.2, 0.25) is 10.0 Å². The van der Waals surface area contributed by atoms with Gasteiger partial charge >= 0.3 is 0 Å². The molecule has 0 aliphatic carbocycles. The fraction of sp³-hybridized carbons (Fsp3) is 0.263. The number of amides is 2. The first-order valence-electron chi connectivity index (χ1n) is 9.05. The Morgan fingerprint density at radius 2 is 2.14 bits per heavy atom. The number of benzene rings is 1. The van der Waals surface area contributed by atoms with Crippen molar-refractivity contribution in [1.82, 2.24) is 19.9 Å². The third kappa shape index (κ3) is 3.73. The van der Waals surface area contributed by atoms with E-state index in [0.717, 1.165) is 17.5 Å². The summed E-state index contributed by atoms with van der Waals surface area (Å²) in [4.78, 5) is 34.3. The molecule has 3 N–H and O–H groups in total. The highest BCUT2D eigenvalue weighted by atomic mass is 35.5. The second-order valence-corrected chi connectivity index (χ2v) is 7.55. The van der Waals surface area contributed by atoms with Crippen LogP contribution in [0.25, 0.3) is 16.6 Å². The van der Waals surface area contributed by atoms with E-state index in [1.807, 2.05) is 27.8 Å². The van der Waals surface area contributed by atoms with Gasteiger partial charge in [0.2, 0.25) is 11.8 Å². The molecule has 1 aliphatic rings. The van der Waals surface area contributed by atoms with Crippen LogP contribution in [0.1, 0.15) is 12.8 Å². The van der Waals surface area contributed by atoms with Crippen molar-refractivity contribution in [2.75, 3.05) is 18.0 Å². The Bertz CT molecular complexity index is 1090. The van der Waals surface area contributed by atoms with Crippen molar-refractivity contribution in [3.63, 3.8) is 0 Å². The van der Waals surface area contributed by atoms with Crippen LogP contribution >= 0.6 is 23.2 Å². The summed E-state index contributed by atoms with van der Waals surface area (Å²) in [6.45, 7) is 0.449. The second kappa shape index (κ2) is 7.88. The summed E-state index contributed by atoms with van der Waals surface area (Å²) in [5.41, 5.74) is 6.51. The van der Waals surface area contributed by atoms with Gasteiger partial charge in [0, 0.05) is 30.4 Å². The largest absolute Gasteiger partial charge is 0.368 e. The summed E-state index contributed by atoms with van der Waals surface area (Å²) in [6, 6.07) is 5.03. The number of imidazole rings is 1. The minimum Gasteiger partial charge on any atom is -0.368 e. The van der Waals surface area contributed by atoms with Crippen molar-refractivity contribution in [3.05, 3.63) is 47.0 Å². The molecule has 1 atom stereocenters. The minimum absolute atomic E-state index is 0.198. The number of aromatic nitrogens is 3. The van der Waals surface area contributed by atoms with Crippen LogP contribution in [0, 0.1) is 0 Å². The molecule has 2 amide bonds. The highest BCUT2D eigenvalue weighted by Gasteiger charge is 2.32. The highest BCUT2D eigenvalue weighted by molar-refractivity contribution is 6.45. The first-order valence-corrected chi connectivity index (χ1v) is 9.81. The van der Waals surface area contributed by atoms with E-state index in [1.165, 1.54) is 0 Å². The lowest BCUT2D eigenvalue weighted by atomic mass is 10.1. The first-order chi connectivity index (χ1) is 14.0. The summed E-state index contributed by atoms with van der Waals surface area (Å²) in [5, 5.41) is 4.14. The lowest BCUT2D eigenvalue weighted by Crippen LogP contribution is -2.46. The average Bonchev–Trinajstić information content (AvgIpc) is 3.40. The Morgan fingerprint density at radius 1 is 1.31 bits per heavy atom. The van der Waals surface area contributed by atoms with Gasteiger partial charge in [-0.1, -0.05) is 23.2 Å². The van der Waals surface area contributed by atoms with Crippen LogP contribution in [-0.4, -0.2) is 45.5 Å². The molecular formula is C19H18Cl2N6O2. The van der Waals surface area contributed by atoms with Crippen LogP contribution in [0.4, 0.5) is 5.82 Å². The molecule has 0 bridgehead atoms. The smallest absolute Gasteiger partial charge is 0.243 e. The van der Waals surface area contributed by atoms with Gasteiger partial charge in [-0.3, -0.25) is 9.59 Å². The maximum absolute atomic E-state index is 12.6. The van der Waals surface area contributed by atoms with Gasteiger partial charge in [0.15, 0.2) is 0 Å². The van der Waals surface area contributed by atoms with E-state index in [1.54, 1.807) is 18.6 Å². The number of nitrogens with two attached hydrogens (primary N) is 1. The second-order valence-electron chi connectivity index (χ2n) is 6.76. The van der Waals surface area contributed by atoms with E-state index in [4.69, 9.17) is 33.9 Å². The SMILES string of the molecule is NC(=O)CNC(=O)[C@@H]1CCCN1c1cc(-n2ccnc2)c2ccc(Cl)c(Cl)c2n1. The Labute approximate surface area is 176 Å². The van der Waals surface area contributed by atoms with Crippen molar-refractivity contribution in [2.45, 2.75) is 18.9 Å². The summed E-state index contributed by atoms with van der Waals surface area (Å²) in [5.74, 6) is -0.248. The van der Waals surface area contributed by atoms with Crippen LogP contribution in [0.15, 0.2) is 36.9 Å². The van der Waals surface area contributed by atoms with Gasteiger partial charge in [0.1, 0.15) is 11.9 Å². The molecule has 0 radical (unpaired) electrons. The average molecular weight is 433 g/mol. The van der Waals surface area contributed by atoms with Gasteiger partial charge < -0.3 is 20.5 Å². The van der Waals surface area contributed by atoms with Crippen LogP contribution in [0.5, 0.6) is 0 Å². The number of fused-ring (bicyclic) bond motifs is 1. The summed E-state index contributed by atoms with van der Waals surface area (Å²) >= 11 is 12.7. The molecule has 150 valence electrons. The number of nitrogens with zero attached hydrogens (tertiary/aromatic N) is 4. The van der Waals surface area contributed by atoms with Gasteiger partial charge in [0.05, 0.1) is 34.1 Å². The summed E-state index contributed by atoms with van der Waals surface area (Å²) in [6.07, 6.45) is 6.65. The van der Waals surface area contributed by atoms with E-state index in [9.17, 15) is 9.59 Å². The molecular weight excluding hydrogens is 415 g/mol. The molecule has 0 saturated carbocycles. The molecule has 1 aromatic carbocycles. The Balaban J connectivity index is 1.80. The molecule has 1 aliphatic heterocycles. The lowest BCUT2D eigenvalue weighted by Gasteiger charge is -2.26. The van der Waals surface area contributed by atoms with Gasteiger partial charge in [-0.25, -0.2) is 9.97 Å². The van der Waals surface area contributed by atoms with Gasteiger partial charge in [0.25, 0.3) is 0 Å². The zero-order valence-corrected chi connectivity index (χ0v) is 16.8. The lowest BCUT2D eigenvalue weighted by molar-refractivity contribution is -0.125. The molecule has 10 heteroatoms. The van der Waals surface area contributed by atoms with Crippen molar-refractivity contribution in [1.29, 1.82) is 0 Å². The van der Waals surface area contributed by atoms with Crippen molar-refractivity contribution in [2.24, 2.45) is 5.73 Å². The number of carbonyl (C=O) groups is 2. The molecule has 3 aromatic rings. The number of halogens is 2. The number of anilines is 1. The van der Waals surface area contributed by atoms with E-state index in [0.29, 0.717) is 34.3 Å². The zero-order valence-electron chi connectivity index (χ0n) is 15.3. The number of pyridine rings is 1. The molecule has 3 heterocycles. The van der Waals surface area contributed by atoms with E-state index < -0.39 is 11.9 Å². The first kappa shape index (κ1) is 19.5. The predicted molar refractivity (Wildman–Crippen MR) is 111 cm³/mol. The zero-order chi connectivity index (χ0) is 20.5. The molecule has 4 rings (SSSR count). The summed E-state index contributed by atoms with van der Waals surface area (Å²) < 4.78 is 1.86. The van der Waals surface area contributed by atoms with Gasteiger partial charge in [-0.15, -0.1) is 0 Å². The summed E-state index contributed by atoms with van der Waals surface area (Å²) in [7, 11) is 0. The van der Waals surface area contributed by atoms with Crippen LogP contribution in [-0.2, 0) is 9.59 Å². The maximum atomic E-state index is 12.6. The molecule has 0 spiro atoms. The number of carbonyl (C=O) groups excluding carboxylic acids is 2. The van der Waals surface area contributed by atoms with Crippen LogP contribution in [0.3, 0.4) is 0 Å². The molecule has 2 aromatic heterocycles. The molecule has 1 fully saturated rings. The fourth-order valence-corrected chi connectivity index (χ4v) is 3.93. The maximum Gasteiger partial charge on any atom is 0.243 e. The van der Waals surface area contributed by atoms with E-state index >= 15 is 0 Å². The topological polar surface area (TPSA) is 106 Å². The third-order valence-electron chi connectivity index (χ3n) is 4.91. The van der Waals surface area contributed by atoms with E-state index in [2.05, 4.69) is 10.3 Å². The Hall–Kier alpha value is -2.84. The number of nitrogens with one attached hydrogen (secondary N) is 1. The number of primary amides is 1.